The fourth-order valence-electron chi connectivity index (χ4n) is 2.57. The molecule has 0 bridgehead atoms. The van der Waals surface area contributed by atoms with Crippen molar-refractivity contribution in [3.8, 4) is 11.5 Å². The third kappa shape index (κ3) is 1.41. The Labute approximate surface area is 93.2 Å². The van der Waals surface area contributed by atoms with Crippen molar-refractivity contribution in [2.24, 2.45) is 0 Å². The van der Waals surface area contributed by atoms with Gasteiger partial charge in [-0.3, -0.25) is 4.79 Å². The van der Waals surface area contributed by atoms with Crippen molar-refractivity contribution in [3.05, 3.63) is 23.8 Å². The summed E-state index contributed by atoms with van der Waals surface area (Å²) < 4.78 is 0. The summed E-state index contributed by atoms with van der Waals surface area (Å²) in [5.74, 6) is -1.24. The van der Waals surface area contributed by atoms with E-state index in [1.165, 1.54) is 18.2 Å². The normalized spacial score (nSPS) is 18.5. The fraction of sp³-hybridized carbons (Fsp3) is 0.417. The largest absolute Gasteiger partial charge is 0.507 e. The second-order valence-corrected chi connectivity index (χ2v) is 4.27. The second-order valence-electron chi connectivity index (χ2n) is 4.27. The summed E-state index contributed by atoms with van der Waals surface area (Å²) in [7, 11) is 0. The van der Waals surface area contributed by atoms with Crippen molar-refractivity contribution in [1.29, 1.82) is 0 Å². The Morgan fingerprint density at radius 1 is 1.12 bits per heavy atom. The number of carbonyl (C=O) groups is 1. The van der Waals surface area contributed by atoms with Crippen molar-refractivity contribution in [2.75, 3.05) is 0 Å². The standard InChI is InChI=1S/C12H14O4/c13-8-4-3-5-9(14)10(8)12(11(15)16)6-1-2-7-12/h3-5,13-14H,1-2,6-7H2,(H,15,16). The van der Waals surface area contributed by atoms with Crippen LogP contribution >= 0.6 is 0 Å². The molecule has 0 saturated heterocycles. The molecule has 0 unspecified atom stereocenters. The van der Waals surface area contributed by atoms with Gasteiger partial charge in [-0.15, -0.1) is 0 Å². The van der Waals surface area contributed by atoms with E-state index in [1.54, 1.807) is 0 Å². The number of phenols is 2. The van der Waals surface area contributed by atoms with Crippen LogP contribution in [0.4, 0.5) is 0 Å². The molecule has 0 aromatic heterocycles. The topological polar surface area (TPSA) is 77.8 Å². The van der Waals surface area contributed by atoms with Crippen LogP contribution in [0.25, 0.3) is 0 Å². The summed E-state index contributed by atoms with van der Waals surface area (Å²) in [6.45, 7) is 0. The number of phenolic OH excluding ortho intramolecular Hbond substituents is 2. The lowest BCUT2D eigenvalue weighted by Gasteiger charge is -2.25. The minimum Gasteiger partial charge on any atom is -0.507 e. The summed E-state index contributed by atoms with van der Waals surface area (Å²) >= 11 is 0. The molecule has 1 saturated carbocycles. The van der Waals surface area contributed by atoms with E-state index in [0.29, 0.717) is 12.8 Å². The predicted octanol–water partition coefficient (Wildman–Crippen LogP) is 1.99. The van der Waals surface area contributed by atoms with Crippen molar-refractivity contribution >= 4 is 5.97 Å². The van der Waals surface area contributed by atoms with Gasteiger partial charge in [-0.25, -0.2) is 0 Å². The molecule has 1 aromatic carbocycles. The number of rotatable bonds is 2. The lowest BCUT2D eigenvalue weighted by atomic mass is 9.78. The second kappa shape index (κ2) is 3.70. The molecule has 16 heavy (non-hydrogen) atoms. The van der Waals surface area contributed by atoms with Crippen LogP contribution in [0.5, 0.6) is 11.5 Å². The Hall–Kier alpha value is -1.71. The van der Waals surface area contributed by atoms with Gasteiger partial charge in [0.15, 0.2) is 0 Å². The highest BCUT2D eigenvalue weighted by Crippen LogP contribution is 2.48. The molecule has 0 spiro atoms. The van der Waals surface area contributed by atoms with Crippen LogP contribution in [0.15, 0.2) is 18.2 Å². The van der Waals surface area contributed by atoms with Gasteiger partial charge < -0.3 is 15.3 Å². The highest BCUT2D eigenvalue weighted by atomic mass is 16.4. The molecular weight excluding hydrogens is 208 g/mol. The third-order valence-corrected chi connectivity index (χ3v) is 3.37. The van der Waals surface area contributed by atoms with Gasteiger partial charge in [-0.05, 0) is 25.0 Å². The van der Waals surface area contributed by atoms with Gasteiger partial charge in [-0.2, -0.15) is 0 Å². The molecule has 2 rings (SSSR count). The average molecular weight is 222 g/mol. The van der Waals surface area contributed by atoms with Gasteiger partial charge in [-0.1, -0.05) is 18.9 Å². The minimum absolute atomic E-state index is 0.135. The van der Waals surface area contributed by atoms with Crippen molar-refractivity contribution in [1.82, 2.24) is 0 Å². The van der Waals surface area contributed by atoms with Crippen LogP contribution in [0.1, 0.15) is 31.2 Å². The number of carboxylic acid groups (broad SMARTS) is 1. The molecule has 1 fully saturated rings. The zero-order chi connectivity index (χ0) is 11.8. The van der Waals surface area contributed by atoms with Gasteiger partial charge in [0.05, 0.1) is 11.0 Å². The van der Waals surface area contributed by atoms with Gasteiger partial charge in [0.1, 0.15) is 11.5 Å². The maximum atomic E-state index is 11.4. The van der Waals surface area contributed by atoms with E-state index in [9.17, 15) is 20.1 Å². The molecule has 4 nitrogen and oxygen atoms in total. The first-order valence-electron chi connectivity index (χ1n) is 5.33. The number of aromatic hydroxyl groups is 2. The van der Waals surface area contributed by atoms with Gasteiger partial charge in [0.2, 0.25) is 0 Å². The Bertz CT molecular complexity index is 399. The van der Waals surface area contributed by atoms with Crippen LogP contribution in [0, 0.1) is 0 Å². The first-order chi connectivity index (χ1) is 7.58. The highest BCUT2D eigenvalue weighted by molar-refractivity contribution is 5.84. The summed E-state index contributed by atoms with van der Waals surface area (Å²) in [5.41, 5.74) is -0.949. The molecule has 3 N–H and O–H groups in total. The first-order valence-corrected chi connectivity index (χ1v) is 5.33. The van der Waals surface area contributed by atoms with Crippen LogP contribution < -0.4 is 0 Å². The molecule has 0 aliphatic heterocycles. The molecule has 0 amide bonds. The lowest BCUT2D eigenvalue weighted by Crippen LogP contribution is -2.32. The van der Waals surface area contributed by atoms with Crippen molar-refractivity contribution in [2.45, 2.75) is 31.1 Å². The van der Waals surface area contributed by atoms with E-state index in [-0.39, 0.29) is 17.1 Å². The van der Waals surface area contributed by atoms with E-state index in [1.807, 2.05) is 0 Å². The van der Waals surface area contributed by atoms with Gasteiger partial charge in [0.25, 0.3) is 0 Å². The number of benzene rings is 1. The van der Waals surface area contributed by atoms with Gasteiger partial charge in [0, 0.05) is 0 Å². The molecule has 1 aromatic rings. The number of carboxylic acids is 1. The summed E-state index contributed by atoms with van der Waals surface area (Å²) in [4.78, 5) is 11.4. The van der Waals surface area contributed by atoms with E-state index < -0.39 is 11.4 Å². The van der Waals surface area contributed by atoms with Crippen LogP contribution in [0.2, 0.25) is 0 Å². The molecule has 0 atom stereocenters. The molecule has 0 heterocycles. The molecule has 4 heteroatoms. The Balaban J connectivity index is 2.60. The van der Waals surface area contributed by atoms with E-state index in [4.69, 9.17) is 0 Å². The molecule has 1 aliphatic rings. The van der Waals surface area contributed by atoms with Crippen molar-refractivity contribution in [3.63, 3.8) is 0 Å². The minimum atomic E-state index is -1.12. The van der Waals surface area contributed by atoms with E-state index in [0.717, 1.165) is 12.8 Å². The molecule has 0 radical (unpaired) electrons. The zero-order valence-corrected chi connectivity index (χ0v) is 8.81. The fourth-order valence-corrected chi connectivity index (χ4v) is 2.57. The Kier molecular flexibility index (Phi) is 2.50. The van der Waals surface area contributed by atoms with Crippen LogP contribution in [0.3, 0.4) is 0 Å². The zero-order valence-electron chi connectivity index (χ0n) is 8.81. The monoisotopic (exact) mass is 222 g/mol. The van der Waals surface area contributed by atoms with Gasteiger partial charge >= 0.3 is 5.97 Å². The summed E-state index contributed by atoms with van der Waals surface area (Å²) in [6.07, 6.45) is 2.54. The van der Waals surface area contributed by atoms with Crippen molar-refractivity contribution < 1.29 is 20.1 Å². The smallest absolute Gasteiger partial charge is 0.314 e. The third-order valence-electron chi connectivity index (χ3n) is 3.37. The average Bonchev–Trinajstić information content (AvgIpc) is 2.67. The highest BCUT2D eigenvalue weighted by Gasteiger charge is 2.46. The first kappa shape index (κ1) is 10.8. The quantitative estimate of drug-likeness (QED) is 0.715. The number of aliphatic carboxylic acids is 1. The predicted molar refractivity (Wildman–Crippen MR) is 57.6 cm³/mol. The Morgan fingerprint density at radius 2 is 1.62 bits per heavy atom. The lowest BCUT2D eigenvalue weighted by molar-refractivity contribution is -0.143. The Morgan fingerprint density at radius 3 is 2.06 bits per heavy atom. The van der Waals surface area contributed by atoms with Crippen LogP contribution in [-0.4, -0.2) is 21.3 Å². The number of hydrogen-bond donors (Lipinski definition) is 3. The van der Waals surface area contributed by atoms with Crippen LogP contribution in [-0.2, 0) is 10.2 Å². The molecular formula is C12H14O4. The molecule has 1 aliphatic carbocycles. The maximum Gasteiger partial charge on any atom is 0.314 e. The number of hydrogen-bond acceptors (Lipinski definition) is 3. The van der Waals surface area contributed by atoms with E-state index in [2.05, 4.69) is 0 Å². The molecule has 86 valence electrons. The summed E-state index contributed by atoms with van der Waals surface area (Å²) in [6, 6.07) is 4.33. The maximum absolute atomic E-state index is 11.4. The summed E-state index contributed by atoms with van der Waals surface area (Å²) in [5, 5.41) is 28.8. The SMILES string of the molecule is O=C(O)C1(c2c(O)cccc2O)CCCC1. The van der Waals surface area contributed by atoms with E-state index >= 15 is 0 Å².